The van der Waals surface area contributed by atoms with E-state index in [-0.39, 0.29) is 0 Å². The minimum Gasteiger partial charge on any atom is -0.399 e. The van der Waals surface area contributed by atoms with Crippen LogP contribution in [0.3, 0.4) is 0 Å². The van der Waals surface area contributed by atoms with Crippen LogP contribution in [0.2, 0.25) is 0 Å². The van der Waals surface area contributed by atoms with Gasteiger partial charge in [-0.25, -0.2) is 0 Å². The number of anilines is 1. The molecule has 3 rings (SSSR count). The van der Waals surface area contributed by atoms with E-state index in [0.29, 0.717) is 5.71 Å². The summed E-state index contributed by atoms with van der Waals surface area (Å²) in [7, 11) is 0. The molecule has 0 fully saturated rings. The first kappa shape index (κ1) is 17.0. The molecule has 126 valence electrons. The van der Waals surface area contributed by atoms with Gasteiger partial charge in [-0.15, -0.1) is 0 Å². The number of hydrogen-bond donors (Lipinski definition) is 2. The van der Waals surface area contributed by atoms with Crippen molar-refractivity contribution in [3.63, 3.8) is 0 Å². The molecule has 0 atom stereocenters. The molecule has 1 aliphatic carbocycles. The highest BCUT2D eigenvalue weighted by molar-refractivity contribution is 6.08. The summed E-state index contributed by atoms with van der Waals surface area (Å²) in [5.41, 5.74) is 16.6. The van der Waals surface area contributed by atoms with Gasteiger partial charge < -0.3 is 11.1 Å². The number of nitrogen functional groups attached to an aromatic ring is 1. The van der Waals surface area contributed by atoms with E-state index in [1.165, 1.54) is 22.3 Å². The van der Waals surface area contributed by atoms with Crippen molar-refractivity contribution in [2.45, 2.75) is 27.7 Å². The van der Waals surface area contributed by atoms with Gasteiger partial charge in [-0.1, -0.05) is 30.3 Å². The van der Waals surface area contributed by atoms with E-state index in [9.17, 15) is 0 Å². The molecule has 0 heterocycles. The van der Waals surface area contributed by atoms with Crippen LogP contribution in [0.1, 0.15) is 34.7 Å². The largest absolute Gasteiger partial charge is 0.399 e. The van der Waals surface area contributed by atoms with Gasteiger partial charge >= 0.3 is 0 Å². The van der Waals surface area contributed by atoms with E-state index < -0.39 is 0 Å². The van der Waals surface area contributed by atoms with Crippen molar-refractivity contribution in [1.82, 2.24) is 0 Å². The summed E-state index contributed by atoms with van der Waals surface area (Å²) in [4.78, 5) is 0. The maximum atomic E-state index is 7.97. The molecule has 2 aromatic rings. The number of nitrogens with one attached hydrogen (secondary N) is 1. The van der Waals surface area contributed by atoms with Gasteiger partial charge in [0.05, 0.1) is 5.71 Å². The Bertz CT molecular complexity index is 903. The third kappa shape index (κ3) is 3.34. The average molecular weight is 328 g/mol. The van der Waals surface area contributed by atoms with E-state index in [2.05, 4.69) is 50.3 Å². The molecule has 0 saturated carbocycles. The Morgan fingerprint density at radius 3 is 2.04 bits per heavy atom. The van der Waals surface area contributed by atoms with Crippen molar-refractivity contribution in [3.8, 4) is 0 Å². The highest BCUT2D eigenvalue weighted by Crippen LogP contribution is 2.33. The number of rotatable bonds is 2. The first-order valence-electron chi connectivity index (χ1n) is 8.50. The summed E-state index contributed by atoms with van der Waals surface area (Å²) in [6.07, 6.45) is 6.00. The normalized spacial score (nSPS) is 16.0. The number of hydrogen-bond acceptors (Lipinski definition) is 2. The summed E-state index contributed by atoms with van der Waals surface area (Å²) in [5.74, 6) is 0. The number of nitrogens with two attached hydrogens (primary N) is 1. The van der Waals surface area contributed by atoms with Crippen molar-refractivity contribution < 1.29 is 0 Å². The molecule has 0 aromatic heterocycles. The summed E-state index contributed by atoms with van der Waals surface area (Å²) >= 11 is 0. The summed E-state index contributed by atoms with van der Waals surface area (Å²) < 4.78 is 0. The third-order valence-electron chi connectivity index (χ3n) is 4.87. The Morgan fingerprint density at radius 2 is 1.44 bits per heavy atom. The molecule has 2 nitrogen and oxygen atoms in total. The first-order valence-corrected chi connectivity index (χ1v) is 8.50. The van der Waals surface area contributed by atoms with Crippen molar-refractivity contribution in [3.05, 3.63) is 93.6 Å². The maximum Gasteiger partial charge on any atom is 0.0569 e. The Kier molecular flexibility index (Phi) is 4.45. The van der Waals surface area contributed by atoms with Crippen LogP contribution in [0, 0.1) is 26.2 Å². The lowest BCUT2D eigenvalue weighted by Gasteiger charge is -2.17. The van der Waals surface area contributed by atoms with Crippen LogP contribution >= 0.6 is 0 Å². The van der Waals surface area contributed by atoms with E-state index in [0.717, 1.165) is 28.0 Å². The Labute approximate surface area is 149 Å². The van der Waals surface area contributed by atoms with Crippen LogP contribution in [0.15, 0.2) is 65.8 Å². The standard InChI is InChI=1S/C23H24N2/c1-14-5-6-18(11-15(14)2)23(19-7-9-21(24)16(3)12-19)20-8-10-22(25)17(4)13-20/h5-13,24H,25H2,1-4H3. The van der Waals surface area contributed by atoms with Crippen LogP contribution in [0.4, 0.5) is 5.69 Å². The van der Waals surface area contributed by atoms with Crippen LogP contribution < -0.4 is 5.73 Å². The molecule has 0 radical (unpaired) electrons. The lowest BCUT2D eigenvalue weighted by Crippen LogP contribution is -2.02. The smallest absolute Gasteiger partial charge is 0.0569 e. The molecule has 2 aromatic carbocycles. The lowest BCUT2D eigenvalue weighted by atomic mass is 9.87. The van der Waals surface area contributed by atoms with Crippen LogP contribution in [0.25, 0.3) is 5.57 Å². The highest BCUT2D eigenvalue weighted by atomic mass is 14.5. The summed E-state index contributed by atoms with van der Waals surface area (Å²) in [6, 6.07) is 12.8. The molecule has 3 N–H and O–H groups in total. The van der Waals surface area contributed by atoms with Gasteiger partial charge in [0.2, 0.25) is 0 Å². The fourth-order valence-corrected chi connectivity index (χ4v) is 3.05. The minimum absolute atomic E-state index is 0.566. The predicted molar refractivity (Wildman–Crippen MR) is 108 cm³/mol. The Hall–Kier alpha value is -2.87. The quantitative estimate of drug-likeness (QED) is 0.699. The maximum absolute atomic E-state index is 7.97. The zero-order chi connectivity index (χ0) is 18.1. The van der Waals surface area contributed by atoms with Gasteiger partial charge in [-0.2, -0.15) is 0 Å². The number of aryl methyl sites for hydroxylation is 3. The molecular formula is C23H24N2. The molecular weight excluding hydrogens is 304 g/mol. The second-order valence-electron chi connectivity index (χ2n) is 6.78. The molecule has 0 bridgehead atoms. The molecule has 0 amide bonds. The van der Waals surface area contributed by atoms with E-state index in [1.54, 1.807) is 0 Å². The summed E-state index contributed by atoms with van der Waals surface area (Å²) in [5, 5.41) is 7.97. The van der Waals surface area contributed by atoms with Crippen molar-refractivity contribution >= 4 is 17.0 Å². The van der Waals surface area contributed by atoms with Crippen LogP contribution in [-0.4, -0.2) is 5.71 Å². The molecule has 0 spiro atoms. The predicted octanol–water partition coefficient (Wildman–Crippen LogP) is 5.53. The van der Waals surface area contributed by atoms with Gasteiger partial charge in [0, 0.05) is 5.69 Å². The topological polar surface area (TPSA) is 49.9 Å². The van der Waals surface area contributed by atoms with E-state index >= 15 is 0 Å². The highest BCUT2D eigenvalue weighted by Gasteiger charge is 2.14. The van der Waals surface area contributed by atoms with E-state index in [4.69, 9.17) is 11.1 Å². The number of benzene rings is 2. The SMILES string of the molecule is CC1=CC(=C(c2ccc(C)c(C)c2)c2ccc(N)c(C)c2)C=CC1=N. The monoisotopic (exact) mass is 328 g/mol. The summed E-state index contributed by atoms with van der Waals surface area (Å²) in [6.45, 7) is 8.29. The van der Waals surface area contributed by atoms with Crippen molar-refractivity contribution in [2.24, 2.45) is 0 Å². The van der Waals surface area contributed by atoms with Crippen molar-refractivity contribution in [2.75, 3.05) is 5.73 Å². The molecule has 1 aliphatic rings. The van der Waals surface area contributed by atoms with Crippen molar-refractivity contribution in [1.29, 1.82) is 5.41 Å². The molecule has 0 aliphatic heterocycles. The molecule has 0 saturated heterocycles. The van der Waals surface area contributed by atoms with Crippen LogP contribution in [-0.2, 0) is 0 Å². The van der Waals surface area contributed by atoms with Gasteiger partial charge in [0.25, 0.3) is 0 Å². The van der Waals surface area contributed by atoms with Gasteiger partial charge in [0.1, 0.15) is 0 Å². The van der Waals surface area contributed by atoms with Crippen LogP contribution in [0.5, 0.6) is 0 Å². The minimum atomic E-state index is 0.566. The lowest BCUT2D eigenvalue weighted by molar-refractivity contribution is 1.32. The fourth-order valence-electron chi connectivity index (χ4n) is 3.05. The second-order valence-corrected chi connectivity index (χ2v) is 6.78. The molecule has 25 heavy (non-hydrogen) atoms. The zero-order valence-electron chi connectivity index (χ0n) is 15.3. The molecule has 2 heteroatoms. The Morgan fingerprint density at radius 1 is 0.800 bits per heavy atom. The van der Waals surface area contributed by atoms with E-state index in [1.807, 2.05) is 32.1 Å². The second kappa shape index (κ2) is 6.56. The van der Waals surface area contributed by atoms with Gasteiger partial charge in [0.15, 0.2) is 0 Å². The molecule has 0 unspecified atom stereocenters. The third-order valence-corrected chi connectivity index (χ3v) is 4.87. The first-order chi connectivity index (χ1) is 11.9. The van der Waals surface area contributed by atoms with Gasteiger partial charge in [-0.3, -0.25) is 0 Å². The van der Waals surface area contributed by atoms with Gasteiger partial charge in [-0.05, 0) is 96.5 Å². The zero-order valence-corrected chi connectivity index (χ0v) is 15.3. The fraction of sp³-hybridized carbons (Fsp3) is 0.174. The number of allylic oxidation sites excluding steroid dienone is 5. The Balaban J connectivity index is 2.28. The average Bonchev–Trinajstić information content (AvgIpc) is 2.57.